The summed E-state index contributed by atoms with van der Waals surface area (Å²) in [5.41, 5.74) is 6.97. The van der Waals surface area contributed by atoms with E-state index in [0.29, 0.717) is 16.1 Å². The molecule has 2 N–H and O–H groups in total. The summed E-state index contributed by atoms with van der Waals surface area (Å²) in [5, 5.41) is 0. The predicted octanol–water partition coefficient (Wildman–Crippen LogP) is 4.06. The summed E-state index contributed by atoms with van der Waals surface area (Å²) in [6.07, 6.45) is 3.48. The number of aromatic nitrogens is 1. The molecule has 3 nitrogen and oxygen atoms in total. The van der Waals surface area contributed by atoms with Gasteiger partial charge in [0.25, 0.3) is 0 Å². The number of halogens is 2. The van der Waals surface area contributed by atoms with Gasteiger partial charge < -0.3 is 10.5 Å². The zero-order valence-electron chi connectivity index (χ0n) is 11.1. The monoisotopic (exact) mass is 338 g/mol. The molecule has 0 amide bonds. The van der Waals surface area contributed by atoms with E-state index >= 15 is 0 Å². The Labute approximate surface area is 126 Å². The smallest absolute Gasteiger partial charge is 0.219 e. The van der Waals surface area contributed by atoms with Gasteiger partial charge in [-0.3, -0.25) is 0 Å². The number of ether oxygens (including phenoxy) is 1. The third-order valence-corrected chi connectivity index (χ3v) is 3.54. The SMILES string of the molecule is CCC(N)Cc1ccc(Oc2ccc(F)c(Br)c2)nc1. The molecule has 0 radical (unpaired) electrons. The summed E-state index contributed by atoms with van der Waals surface area (Å²) in [6.45, 7) is 2.06. The van der Waals surface area contributed by atoms with Gasteiger partial charge >= 0.3 is 0 Å². The van der Waals surface area contributed by atoms with E-state index in [1.54, 1.807) is 24.4 Å². The number of hydrogen-bond donors (Lipinski definition) is 1. The van der Waals surface area contributed by atoms with Crippen molar-refractivity contribution in [2.45, 2.75) is 25.8 Å². The summed E-state index contributed by atoms with van der Waals surface area (Å²) in [6, 6.07) is 8.34. The summed E-state index contributed by atoms with van der Waals surface area (Å²) in [4.78, 5) is 4.23. The molecule has 0 aliphatic carbocycles. The van der Waals surface area contributed by atoms with E-state index in [-0.39, 0.29) is 11.9 Å². The van der Waals surface area contributed by atoms with Crippen molar-refractivity contribution < 1.29 is 9.13 Å². The van der Waals surface area contributed by atoms with Gasteiger partial charge in [-0.1, -0.05) is 13.0 Å². The van der Waals surface area contributed by atoms with Crippen LogP contribution in [0.1, 0.15) is 18.9 Å². The second-order valence-corrected chi connectivity index (χ2v) is 5.41. The molecule has 1 unspecified atom stereocenters. The minimum absolute atomic E-state index is 0.150. The molecule has 2 aromatic rings. The van der Waals surface area contributed by atoms with Crippen LogP contribution in [0.15, 0.2) is 41.0 Å². The van der Waals surface area contributed by atoms with Crippen molar-refractivity contribution in [1.82, 2.24) is 4.98 Å². The zero-order valence-corrected chi connectivity index (χ0v) is 12.7. The predicted molar refractivity (Wildman–Crippen MR) is 80.4 cm³/mol. The molecule has 1 aromatic heterocycles. The second-order valence-electron chi connectivity index (χ2n) is 4.56. The maximum absolute atomic E-state index is 13.1. The lowest BCUT2D eigenvalue weighted by Gasteiger charge is -2.09. The van der Waals surface area contributed by atoms with Crippen molar-refractivity contribution in [3.63, 3.8) is 0 Å². The molecular weight excluding hydrogens is 323 g/mol. The van der Waals surface area contributed by atoms with E-state index in [9.17, 15) is 4.39 Å². The van der Waals surface area contributed by atoms with Gasteiger partial charge in [-0.15, -0.1) is 0 Å². The Bertz CT molecular complexity index is 575. The molecule has 0 saturated heterocycles. The van der Waals surface area contributed by atoms with Crippen LogP contribution < -0.4 is 10.5 Å². The largest absolute Gasteiger partial charge is 0.439 e. The average Bonchev–Trinajstić information content (AvgIpc) is 2.45. The van der Waals surface area contributed by atoms with E-state index < -0.39 is 0 Å². The van der Waals surface area contributed by atoms with E-state index in [1.807, 2.05) is 6.07 Å². The lowest BCUT2D eigenvalue weighted by molar-refractivity contribution is 0.460. The maximum atomic E-state index is 13.1. The Hall–Kier alpha value is -1.46. The van der Waals surface area contributed by atoms with Crippen molar-refractivity contribution in [1.29, 1.82) is 0 Å². The maximum Gasteiger partial charge on any atom is 0.219 e. The van der Waals surface area contributed by atoms with Gasteiger partial charge in [0.2, 0.25) is 5.88 Å². The Morgan fingerprint density at radius 3 is 2.75 bits per heavy atom. The van der Waals surface area contributed by atoms with Crippen LogP contribution in [-0.4, -0.2) is 11.0 Å². The highest BCUT2D eigenvalue weighted by Crippen LogP contribution is 2.25. The zero-order chi connectivity index (χ0) is 14.5. The van der Waals surface area contributed by atoms with E-state index in [0.717, 1.165) is 18.4 Å². The summed E-state index contributed by atoms with van der Waals surface area (Å²) < 4.78 is 19.0. The highest BCUT2D eigenvalue weighted by atomic mass is 79.9. The number of benzene rings is 1. The standard InChI is InChI=1S/C15H16BrFN2O/c1-2-11(18)7-10-3-6-15(19-9-10)20-12-4-5-14(17)13(16)8-12/h3-6,8-9,11H,2,7,18H2,1H3. The first-order valence-corrected chi connectivity index (χ1v) is 7.21. The van der Waals surface area contributed by atoms with Gasteiger partial charge in [-0.25, -0.2) is 9.37 Å². The molecular formula is C15H16BrFN2O. The molecule has 0 spiro atoms. The van der Waals surface area contributed by atoms with Crippen LogP contribution in [0.25, 0.3) is 0 Å². The number of pyridine rings is 1. The molecule has 1 atom stereocenters. The number of rotatable bonds is 5. The fourth-order valence-corrected chi connectivity index (χ4v) is 2.06. The normalized spacial score (nSPS) is 12.2. The van der Waals surface area contributed by atoms with Crippen molar-refractivity contribution in [2.24, 2.45) is 5.73 Å². The molecule has 1 heterocycles. The Morgan fingerprint density at radius 2 is 2.15 bits per heavy atom. The van der Waals surface area contributed by atoms with Gasteiger partial charge in [-0.2, -0.15) is 0 Å². The summed E-state index contributed by atoms with van der Waals surface area (Å²) >= 11 is 3.12. The molecule has 1 aromatic carbocycles. The van der Waals surface area contributed by atoms with E-state index in [4.69, 9.17) is 10.5 Å². The average molecular weight is 339 g/mol. The van der Waals surface area contributed by atoms with Crippen LogP contribution in [0.5, 0.6) is 11.6 Å². The van der Waals surface area contributed by atoms with Crippen LogP contribution in [0.3, 0.4) is 0 Å². The molecule has 5 heteroatoms. The topological polar surface area (TPSA) is 48.1 Å². The van der Waals surface area contributed by atoms with Gasteiger partial charge in [0.05, 0.1) is 4.47 Å². The quantitative estimate of drug-likeness (QED) is 0.894. The molecule has 0 aliphatic heterocycles. The molecule has 0 fully saturated rings. The molecule has 0 bridgehead atoms. The van der Waals surface area contributed by atoms with Crippen molar-refractivity contribution >= 4 is 15.9 Å². The van der Waals surface area contributed by atoms with Crippen molar-refractivity contribution in [2.75, 3.05) is 0 Å². The Balaban J connectivity index is 2.04. The van der Waals surface area contributed by atoms with Crippen LogP contribution in [0, 0.1) is 5.82 Å². The van der Waals surface area contributed by atoms with Gasteiger partial charge in [-0.05, 0) is 52.5 Å². The third kappa shape index (κ3) is 4.02. The van der Waals surface area contributed by atoms with Crippen LogP contribution in [-0.2, 0) is 6.42 Å². The lowest BCUT2D eigenvalue weighted by atomic mass is 10.1. The number of hydrogen-bond acceptors (Lipinski definition) is 3. The van der Waals surface area contributed by atoms with Gasteiger partial charge in [0.1, 0.15) is 11.6 Å². The van der Waals surface area contributed by atoms with Crippen molar-refractivity contribution in [3.8, 4) is 11.6 Å². The fraction of sp³-hybridized carbons (Fsp3) is 0.267. The van der Waals surface area contributed by atoms with Crippen LogP contribution in [0.4, 0.5) is 4.39 Å². The first-order chi connectivity index (χ1) is 9.58. The minimum Gasteiger partial charge on any atom is -0.439 e. The van der Waals surface area contributed by atoms with Gasteiger partial charge in [0.15, 0.2) is 0 Å². The van der Waals surface area contributed by atoms with E-state index in [1.165, 1.54) is 6.07 Å². The Kier molecular flexibility index (Phi) is 5.09. The lowest BCUT2D eigenvalue weighted by Crippen LogP contribution is -2.21. The third-order valence-electron chi connectivity index (χ3n) is 2.93. The first-order valence-electron chi connectivity index (χ1n) is 6.42. The molecule has 2 rings (SSSR count). The molecule has 106 valence electrons. The van der Waals surface area contributed by atoms with Crippen LogP contribution >= 0.6 is 15.9 Å². The van der Waals surface area contributed by atoms with Crippen molar-refractivity contribution in [3.05, 3.63) is 52.4 Å². The number of nitrogens with two attached hydrogens (primary N) is 1. The Morgan fingerprint density at radius 1 is 1.35 bits per heavy atom. The second kappa shape index (κ2) is 6.81. The van der Waals surface area contributed by atoms with Crippen LogP contribution in [0.2, 0.25) is 0 Å². The molecule has 20 heavy (non-hydrogen) atoms. The highest BCUT2D eigenvalue weighted by molar-refractivity contribution is 9.10. The summed E-state index contributed by atoms with van der Waals surface area (Å²) in [5.74, 6) is 0.676. The first kappa shape index (κ1) is 14.9. The van der Waals surface area contributed by atoms with E-state index in [2.05, 4.69) is 27.8 Å². The van der Waals surface area contributed by atoms with Gasteiger partial charge in [0, 0.05) is 18.3 Å². The fourth-order valence-electron chi connectivity index (χ4n) is 1.70. The molecule has 0 aliphatic rings. The highest BCUT2D eigenvalue weighted by Gasteiger charge is 2.05. The molecule has 0 saturated carbocycles. The number of nitrogens with zero attached hydrogens (tertiary/aromatic N) is 1. The minimum atomic E-state index is -0.325. The summed E-state index contributed by atoms with van der Waals surface area (Å²) in [7, 11) is 0.